The number of ether oxygens (including phenoxy) is 2. The minimum absolute atomic E-state index is 0.226. The van der Waals surface area contributed by atoms with Crippen molar-refractivity contribution in [3.8, 4) is 0 Å². The summed E-state index contributed by atoms with van der Waals surface area (Å²) < 4.78 is 14.7. The van der Waals surface area contributed by atoms with E-state index in [4.69, 9.17) is 13.9 Å². The Balaban J connectivity index is 2.09. The Morgan fingerprint density at radius 1 is 1.17 bits per heavy atom. The lowest BCUT2D eigenvalue weighted by molar-refractivity contribution is 0.0471. The summed E-state index contributed by atoms with van der Waals surface area (Å²) in [5.74, 6) is -1.58. The third-order valence-electron chi connectivity index (χ3n) is 3.29. The molecular formula is C16H17NO6. The molecule has 0 bridgehead atoms. The van der Waals surface area contributed by atoms with Crippen LogP contribution in [-0.2, 0) is 9.47 Å². The summed E-state index contributed by atoms with van der Waals surface area (Å²) in [6.07, 6.45) is 2.57. The van der Waals surface area contributed by atoms with Crippen molar-refractivity contribution in [3.05, 3.63) is 46.7 Å². The summed E-state index contributed by atoms with van der Waals surface area (Å²) in [5.41, 5.74) is 1.79. The lowest BCUT2D eigenvalue weighted by Crippen LogP contribution is -2.15. The largest absolute Gasteiger partial charge is 0.472 e. The smallest absolute Gasteiger partial charge is 0.341 e. The van der Waals surface area contributed by atoms with Crippen LogP contribution in [0.3, 0.4) is 0 Å². The zero-order valence-corrected chi connectivity index (χ0v) is 13.1. The number of hydrogen-bond donors (Lipinski definition) is 1. The van der Waals surface area contributed by atoms with E-state index in [1.165, 1.54) is 18.6 Å². The molecule has 2 rings (SSSR count). The van der Waals surface area contributed by atoms with Gasteiger partial charge < -0.3 is 18.9 Å². The second-order valence-corrected chi connectivity index (χ2v) is 4.86. The molecule has 23 heavy (non-hydrogen) atoms. The van der Waals surface area contributed by atoms with E-state index in [1.807, 2.05) is 0 Å². The van der Waals surface area contributed by atoms with Crippen molar-refractivity contribution in [2.75, 3.05) is 13.2 Å². The van der Waals surface area contributed by atoms with Gasteiger partial charge in [-0.2, -0.15) is 0 Å². The first-order valence-corrected chi connectivity index (χ1v) is 7.04. The number of esters is 2. The molecule has 0 amide bonds. The van der Waals surface area contributed by atoms with Crippen LogP contribution in [0.25, 0.3) is 0 Å². The summed E-state index contributed by atoms with van der Waals surface area (Å²) in [5, 5.41) is 0. The third kappa shape index (κ3) is 3.50. The molecule has 0 fully saturated rings. The number of carbonyl (C=O) groups excluding carboxylic acids is 3. The van der Waals surface area contributed by atoms with Crippen molar-refractivity contribution in [2.45, 2.75) is 20.8 Å². The first-order chi connectivity index (χ1) is 11.0. The molecule has 0 radical (unpaired) electrons. The number of ketones is 1. The Hall–Kier alpha value is -2.83. The highest BCUT2D eigenvalue weighted by atomic mass is 16.5. The average molecular weight is 319 g/mol. The van der Waals surface area contributed by atoms with Gasteiger partial charge in [0, 0.05) is 5.69 Å². The summed E-state index contributed by atoms with van der Waals surface area (Å²) in [6.45, 7) is 4.83. The number of aryl methyl sites for hydroxylation is 1. The second kappa shape index (κ2) is 6.95. The zero-order valence-electron chi connectivity index (χ0n) is 13.1. The molecule has 0 saturated heterocycles. The maximum atomic E-state index is 12.2. The molecule has 2 aromatic rings. The lowest BCUT2D eigenvalue weighted by atomic mass is 10.1. The van der Waals surface area contributed by atoms with Gasteiger partial charge in [0.25, 0.3) is 0 Å². The number of carbonyl (C=O) groups is 3. The Kier molecular flexibility index (Phi) is 5.00. The average Bonchev–Trinajstić information content (AvgIpc) is 3.13. The molecule has 0 aliphatic carbocycles. The van der Waals surface area contributed by atoms with Crippen LogP contribution in [0.15, 0.2) is 23.0 Å². The van der Waals surface area contributed by atoms with Crippen molar-refractivity contribution in [2.24, 2.45) is 0 Å². The molecule has 0 aliphatic rings. The fraction of sp³-hybridized carbons (Fsp3) is 0.312. The number of nitrogens with one attached hydrogen (secondary N) is 1. The SMILES string of the molecule is CCOC(=O)c1c(C)[nH]c(C(=O)COC(=O)c2ccoc2)c1C. The first-order valence-electron chi connectivity index (χ1n) is 7.04. The minimum Gasteiger partial charge on any atom is -0.472 e. The highest BCUT2D eigenvalue weighted by Crippen LogP contribution is 2.19. The number of H-pyrrole nitrogens is 1. The molecule has 0 aromatic carbocycles. The van der Waals surface area contributed by atoms with Crippen molar-refractivity contribution in [1.29, 1.82) is 0 Å². The minimum atomic E-state index is -0.654. The van der Waals surface area contributed by atoms with Crippen molar-refractivity contribution in [3.63, 3.8) is 0 Å². The van der Waals surface area contributed by atoms with Gasteiger partial charge in [0.1, 0.15) is 6.26 Å². The van der Waals surface area contributed by atoms with E-state index in [0.717, 1.165) is 0 Å². The van der Waals surface area contributed by atoms with Crippen molar-refractivity contribution >= 4 is 17.7 Å². The van der Waals surface area contributed by atoms with Gasteiger partial charge in [0.05, 0.1) is 29.7 Å². The predicted octanol–water partition coefficient (Wildman–Crippen LogP) is 2.44. The van der Waals surface area contributed by atoms with Gasteiger partial charge >= 0.3 is 11.9 Å². The standard InChI is InChI=1S/C16H17NO6/c1-4-22-16(20)13-9(2)14(17-10(13)3)12(18)8-23-15(19)11-5-6-21-7-11/h5-7,17H,4,8H2,1-3H3. The Morgan fingerprint density at radius 2 is 1.91 bits per heavy atom. The van der Waals surface area contributed by atoms with Gasteiger partial charge in [-0.25, -0.2) is 9.59 Å². The summed E-state index contributed by atoms with van der Waals surface area (Å²) in [4.78, 5) is 38.6. The van der Waals surface area contributed by atoms with Crippen molar-refractivity contribution < 1.29 is 28.3 Å². The fourth-order valence-corrected chi connectivity index (χ4v) is 2.21. The van der Waals surface area contributed by atoms with E-state index < -0.39 is 24.3 Å². The molecule has 2 aromatic heterocycles. The number of aromatic amines is 1. The van der Waals surface area contributed by atoms with E-state index in [2.05, 4.69) is 4.98 Å². The number of rotatable bonds is 6. The van der Waals surface area contributed by atoms with E-state index in [-0.39, 0.29) is 17.9 Å². The molecule has 0 unspecified atom stereocenters. The lowest BCUT2D eigenvalue weighted by Gasteiger charge is -2.03. The third-order valence-corrected chi connectivity index (χ3v) is 3.29. The Morgan fingerprint density at radius 3 is 2.52 bits per heavy atom. The topological polar surface area (TPSA) is 98.6 Å². The van der Waals surface area contributed by atoms with E-state index in [0.29, 0.717) is 16.8 Å². The van der Waals surface area contributed by atoms with E-state index >= 15 is 0 Å². The fourth-order valence-electron chi connectivity index (χ4n) is 2.21. The molecule has 122 valence electrons. The maximum absolute atomic E-state index is 12.2. The number of aromatic nitrogens is 1. The van der Waals surface area contributed by atoms with E-state index in [9.17, 15) is 14.4 Å². The number of furan rings is 1. The zero-order chi connectivity index (χ0) is 17.0. The van der Waals surface area contributed by atoms with Crippen LogP contribution in [-0.4, -0.2) is 35.9 Å². The van der Waals surface area contributed by atoms with Crippen LogP contribution in [0.1, 0.15) is 49.4 Å². The normalized spacial score (nSPS) is 10.4. The van der Waals surface area contributed by atoms with Crippen LogP contribution in [0.5, 0.6) is 0 Å². The molecule has 1 N–H and O–H groups in total. The molecule has 0 atom stereocenters. The summed E-state index contributed by atoms with van der Waals surface area (Å²) in [7, 11) is 0. The molecule has 7 nitrogen and oxygen atoms in total. The molecule has 0 spiro atoms. The molecule has 2 heterocycles. The van der Waals surface area contributed by atoms with Crippen LogP contribution < -0.4 is 0 Å². The van der Waals surface area contributed by atoms with Gasteiger partial charge in [-0.1, -0.05) is 0 Å². The van der Waals surface area contributed by atoms with Crippen LogP contribution in [0, 0.1) is 13.8 Å². The monoisotopic (exact) mass is 319 g/mol. The molecule has 0 saturated carbocycles. The molecule has 7 heteroatoms. The van der Waals surface area contributed by atoms with Gasteiger partial charge in [-0.15, -0.1) is 0 Å². The van der Waals surface area contributed by atoms with Gasteiger partial charge in [0.15, 0.2) is 6.61 Å². The predicted molar refractivity (Wildman–Crippen MR) is 79.5 cm³/mol. The van der Waals surface area contributed by atoms with Gasteiger partial charge in [-0.05, 0) is 32.4 Å². The quantitative estimate of drug-likeness (QED) is 0.648. The number of Topliss-reactive ketones (excluding diaryl/α,β-unsaturated/α-hetero) is 1. The van der Waals surface area contributed by atoms with Crippen LogP contribution in [0.4, 0.5) is 0 Å². The van der Waals surface area contributed by atoms with Gasteiger partial charge in [-0.3, -0.25) is 4.79 Å². The number of hydrogen-bond acceptors (Lipinski definition) is 6. The summed E-state index contributed by atoms with van der Waals surface area (Å²) in [6, 6.07) is 1.44. The second-order valence-electron chi connectivity index (χ2n) is 4.86. The van der Waals surface area contributed by atoms with Crippen molar-refractivity contribution in [1.82, 2.24) is 4.98 Å². The Bertz CT molecular complexity index is 726. The van der Waals surface area contributed by atoms with E-state index in [1.54, 1.807) is 20.8 Å². The summed E-state index contributed by atoms with van der Waals surface area (Å²) >= 11 is 0. The first kappa shape index (κ1) is 16.5. The molecule has 0 aliphatic heterocycles. The highest BCUT2D eigenvalue weighted by Gasteiger charge is 2.23. The maximum Gasteiger partial charge on any atom is 0.341 e. The highest BCUT2D eigenvalue weighted by molar-refractivity contribution is 6.03. The van der Waals surface area contributed by atoms with Crippen LogP contribution in [0.2, 0.25) is 0 Å². The van der Waals surface area contributed by atoms with Crippen LogP contribution >= 0.6 is 0 Å². The van der Waals surface area contributed by atoms with Gasteiger partial charge in [0.2, 0.25) is 5.78 Å². The molecular weight excluding hydrogens is 302 g/mol. The Labute approximate surface area is 132 Å².